The summed E-state index contributed by atoms with van der Waals surface area (Å²) in [6, 6.07) is 7.93. The number of benzene rings is 1. The van der Waals surface area contributed by atoms with Gasteiger partial charge in [-0.05, 0) is 31.0 Å². The highest BCUT2D eigenvalue weighted by atomic mass is 35.5. The molecule has 6 heteroatoms. The van der Waals surface area contributed by atoms with Gasteiger partial charge in [0.15, 0.2) is 0 Å². The van der Waals surface area contributed by atoms with Crippen LogP contribution < -0.4 is 15.5 Å². The lowest BCUT2D eigenvalue weighted by Gasteiger charge is -2.18. The minimum absolute atomic E-state index is 0. The van der Waals surface area contributed by atoms with Crippen LogP contribution in [-0.4, -0.2) is 38.0 Å². The van der Waals surface area contributed by atoms with Gasteiger partial charge in [0.25, 0.3) is 0 Å². The molecule has 1 unspecified atom stereocenters. The lowest BCUT2D eigenvalue weighted by molar-refractivity contribution is -0.127. The first kappa shape index (κ1) is 15.8. The third kappa shape index (κ3) is 3.36. The van der Waals surface area contributed by atoms with Crippen molar-refractivity contribution in [2.24, 2.45) is 5.92 Å². The number of rotatable bonds is 3. The van der Waals surface area contributed by atoms with E-state index in [2.05, 4.69) is 10.6 Å². The zero-order chi connectivity index (χ0) is 13.9. The average molecular weight is 310 g/mol. The molecule has 2 heterocycles. The molecule has 0 spiro atoms. The van der Waals surface area contributed by atoms with Gasteiger partial charge >= 0.3 is 0 Å². The standard InChI is InChI=1S/C15H19N3O2.ClH/c19-14(10-17-15(20)12-5-7-16-9-12)18-8-6-11-3-1-2-4-13(11)18;/h1-4,12,16H,5-10H2,(H,17,20);1H. The Balaban J connectivity index is 0.00000161. The van der Waals surface area contributed by atoms with E-state index in [1.807, 2.05) is 24.3 Å². The molecule has 0 saturated carbocycles. The van der Waals surface area contributed by atoms with Gasteiger partial charge in [0, 0.05) is 18.8 Å². The van der Waals surface area contributed by atoms with Crippen molar-refractivity contribution in [3.63, 3.8) is 0 Å². The van der Waals surface area contributed by atoms with Crippen molar-refractivity contribution >= 4 is 29.9 Å². The number of hydrogen-bond donors (Lipinski definition) is 2. The number of halogens is 1. The van der Waals surface area contributed by atoms with Gasteiger partial charge in [0.1, 0.15) is 0 Å². The molecular formula is C15H20ClN3O2. The third-order valence-electron chi connectivity index (χ3n) is 4.03. The molecule has 1 aromatic rings. The van der Waals surface area contributed by atoms with Crippen molar-refractivity contribution in [2.75, 3.05) is 31.1 Å². The maximum absolute atomic E-state index is 12.2. The van der Waals surface area contributed by atoms with E-state index in [-0.39, 0.29) is 36.7 Å². The number of hydrogen-bond acceptors (Lipinski definition) is 3. The lowest BCUT2D eigenvalue weighted by atomic mass is 10.1. The Kier molecular flexibility index (Phi) is 5.20. The molecule has 1 saturated heterocycles. The summed E-state index contributed by atoms with van der Waals surface area (Å²) in [6.45, 7) is 2.39. The summed E-state index contributed by atoms with van der Waals surface area (Å²) >= 11 is 0. The van der Waals surface area contributed by atoms with Gasteiger partial charge in [0.05, 0.1) is 12.5 Å². The number of para-hydroxylation sites is 1. The topological polar surface area (TPSA) is 61.4 Å². The zero-order valence-corrected chi connectivity index (χ0v) is 12.6. The van der Waals surface area contributed by atoms with Gasteiger partial charge < -0.3 is 15.5 Å². The van der Waals surface area contributed by atoms with Gasteiger partial charge in [-0.2, -0.15) is 0 Å². The predicted octanol–water partition coefficient (Wildman–Crippen LogP) is 0.723. The van der Waals surface area contributed by atoms with Crippen molar-refractivity contribution in [1.82, 2.24) is 10.6 Å². The number of amides is 2. The highest BCUT2D eigenvalue weighted by Gasteiger charge is 2.26. The molecule has 1 aromatic carbocycles. The molecule has 0 aromatic heterocycles. The van der Waals surface area contributed by atoms with Crippen LogP contribution in [0.5, 0.6) is 0 Å². The van der Waals surface area contributed by atoms with E-state index in [9.17, 15) is 9.59 Å². The molecule has 0 aliphatic carbocycles. The molecule has 0 radical (unpaired) electrons. The van der Waals surface area contributed by atoms with Gasteiger partial charge in [-0.1, -0.05) is 18.2 Å². The second kappa shape index (κ2) is 6.91. The Morgan fingerprint density at radius 2 is 2.14 bits per heavy atom. The van der Waals surface area contributed by atoms with E-state index in [4.69, 9.17) is 0 Å². The number of nitrogens with one attached hydrogen (secondary N) is 2. The molecule has 3 rings (SSSR count). The molecule has 114 valence electrons. The van der Waals surface area contributed by atoms with E-state index < -0.39 is 0 Å². The first-order valence-corrected chi connectivity index (χ1v) is 7.12. The normalized spacial score (nSPS) is 19.8. The van der Waals surface area contributed by atoms with Crippen molar-refractivity contribution in [1.29, 1.82) is 0 Å². The molecular weight excluding hydrogens is 290 g/mol. The molecule has 5 nitrogen and oxygen atoms in total. The Morgan fingerprint density at radius 1 is 1.33 bits per heavy atom. The SMILES string of the molecule is Cl.O=C(NCC(=O)N1CCc2ccccc21)C1CCNC1. The Labute approximate surface area is 130 Å². The summed E-state index contributed by atoms with van der Waals surface area (Å²) in [5.41, 5.74) is 2.18. The number of anilines is 1. The van der Waals surface area contributed by atoms with Gasteiger partial charge in [0.2, 0.25) is 11.8 Å². The first-order chi connectivity index (χ1) is 9.75. The smallest absolute Gasteiger partial charge is 0.246 e. The summed E-state index contributed by atoms with van der Waals surface area (Å²) in [7, 11) is 0. The highest BCUT2D eigenvalue weighted by molar-refractivity contribution is 5.98. The second-order valence-electron chi connectivity index (χ2n) is 5.33. The fraction of sp³-hybridized carbons (Fsp3) is 0.467. The van der Waals surface area contributed by atoms with Crippen LogP contribution in [0.3, 0.4) is 0 Å². The second-order valence-corrected chi connectivity index (χ2v) is 5.33. The highest BCUT2D eigenvalue weighted by Crippen LogP contribution is 2.27. The van der Waals surface area contributed by atoms with E-state index in [0.717, 1.165) is 25.1 Å². The van der Waals surface area contributed by atoms with Gasteiger partial charge in [-0.15, -0.1) is 12.4 Å². The summed E-state index contributed by atoms with van der Waals surface area (Å²) < 4.78 is 0. The zero-order valence-electron chi connectivity index (χ0n) is 11.8. The predicted molar refractivity (Wildman–Crippen MR) is 83.7 cm³/mol. The molecule has 2 amide bonds. The number of carbonyl (C=O) groups is 2. The minimum Gasteiger partial charge on any atom is -0.347 e. The summed E-state index contributed by atoms with van der Waals surface area (Å²) in [4.78, 5) is 25.9. The van der Waals surface area contributed by atoms with Crippen LogP contribution in [0.15, 0.2) is 24.3 Å². The molecule has 2 aliphatic rings. The Bertz CT molecular complexity index is 529. The Morgan fingerprint density at radius 3 is 2.90 bits per heavy atom. The van der Waals surface area contributed by atoms with Crippen LogP contribution in [0.4, 0.5) is 5.69 Å². The van der Waals surface area contributed by atoms with Crippen molar-refractivity contribution in [3.8, 4) is 0 Å². The Hall–Kier alpha value is -1.59. The molecule has 2 aliphatic heterocycles. The molecule has 0 bridgehead atoms. The van der Waals surface area contributed by atoms with Crippen LogP contribution in [-0.2, 0) is 16.0 Å². The van der Waals surface area contributed by atoms with Crippen molar-refractivity contribution in [2.45, 2.75) is 12.8 Å². The first-order valence-electron chi connectivity index (χ1n) is 7.12. The number of fused-ring (bicyclic) bond motifs is 1. The number of nitrogens with zero attached hydrogens (tertiary/aromatic N) is 1. The molecule has 21 heavy (non-hydrogen) atoms. The minimum atomic E-state index is -0.0331. The maximum Gasteiger partial charge on any atom is 0.246 e. The fourth-order valence-electron chi connectivity index (χ4n) is 2.88. The summed E-state index contributed by atoms with van der Waals surface area (Å²) in [6.07, 6.45) is 1.75. The van der Waals surface area contributed by atoms with Crippen LogP contribution in [0.25, 0.3) is 0 Å². The molecule has 2 N–H and O–H groups in total. The largest absolute Gasteiger partial charge is 0.347 e. The summed E-state index contributed by atoms with van der Waals surface area (Å²) in [5.74, 6) is -0.0428. The summed E-state index contributed by atoms with van der Waals surface area (Å²) in [5, 5.41) is 5.91. The molecule has 1 fully saturated rings. The van der Waals surface area contributed by atoms with Gasteiger partial charge in [-0.25, -0.2) is 0 Å². The third-order valence-corrected chi connectivity index (χ3v) is 4.03. The van der Waals surface area contributed by atoms with Gasteiger partial charge in [-0.3, -0.25) is 9.59 Å². The lowest BCUT2D eigenvalue weighted by Crippen LogP contribution is -2.41. The van der Waals surface area contributed by atoms with E-state index in [1.165, 1.54) is 5.56 Å². The molecule has 1 atom stereocenters. The van der Waals surface area contributed by atoms with Crippen molar-refractivity contribution in [3.05, 3.63) is 29.8 Å². The van der Waals surface area contributed by atoms with Crippen LogP contribution in [0, 0.1) is 5.92 Å². The maximum atomic E-state index is 12.2. The fourth-order valence-corrected chi connectivity index (χ4v) is 2.88. The average Bonchev–Trinajstić information content (AvgIpc) is 3.13. The van der Waals surface area contributed by atoms with Crippen LogP contribution >= 0.6 is 12.4 Å². The van der Waals surface area contributed by atoms with E-state index >= 15 is 0 Å². The van der Waals surface area contributed by atoms with Crippen LogP contribution in [0.2, 0.25) is 0 Å². The van der Waals surface area contributed by atoms with E-state index in [1.54, 1.807) is 4.90 Å². The van der Waals surface area contributed by atoms with Crippen LogP contribution in [0.1, 0.15) is 12.0 Å². The quantitative estimate of drug-likeness (QED) is 0.865. The van der Waals surface area contributed by atoms with Crippen molar-refractivity contribution < 1.29 is 9.59 Å². The van der Waals surface area contributed by atoms with E-state index in [0.29, 0.717) is 13.1 Å². The number of carbonyl (C=O) groups excluding carboxylic acids is 2. The monoisotopic (exact) mass is 309 g/mol.